The molecule has 4 aromatic rings. The second-order valence-electron chi connectivity index (χ2n) is 5.64. The van der Waals surface area contributed by atoms with E-state index in [0.29, 0.717) is 17.0 Å². The van der Waals surface area contributed by atoms with E-state index in [1.807, 2.05) is 72.8 Å². The number of fused-ring (bicyclic) bond motifs is 1. The maximum absolute atomic E-state index is 13.1. The van der Waals surface area contributed by atoms with E-state index >= 15 is 0 Å². The van der Waals surface area contributed by atoms with Gasteiger partial charge in [0.25, 0.3) is 0 Å². The van der Waals surface area contributed by atoms with Crippen LogP contribution in [0, 0.1) is 0 Å². The number of aromatic amines is 1. The number of pyridine rings is 1. The highest BCUT2D eigenvalue weighted by molar-refractivity contribution is 6.31. The zero-order valence-electron chi connectivity index (χ0n) is 13.4. The molecule has 0 radical (unpaired) electrons. The molecule has 2 heterocycles. The first-order valence-corrected chi connectivity index (χ1v) is 7.98. The van der Waals surface area contributed by atoms with Crippen LogP contribution < -0.4 is 0 Å². The smallest absolute Gasteiger partial charge is 0.196 e. The van der Waals surface area contributed by atoms with Crippen LogP contribution in [-0.2, 0) is 0 Å². The highest BCUT2D eigenvalue weighted by atomic mass is 16.1. The highest BCUT2D eigenvalue weighted by Gasteiger charge is 2.17. The number of aromatic nitrogens is 3. The van der Waals surface area contributed by atoms with Crippen molar-refractivity contribution in [2.45, 2.75) is 0 Å². The van der Waals surface area contributed by atoms with Crippen LogP contribution in [0.15, 0.2) is 79.1 Å². The van der Waals surface area contributed by atoms with Gasteiger partial charge in [-0.15, -0.1) is 0 Å². The molecular weight excluding hydrogens is 310 g/mol. The molecule has 0 saturated carbocycles. The number of nitrogens with zero attached hydrogens (tertiary/aromatic N) is 2. The summed E-state index contributed by atoms with van der Waals surface area (Å²) in [6, 6.07) is 20.7. The lowest BCUT2D eigenvalue weighted by atomic mass is 10.0. The molecule has 25 heavy (non-hydrogen) atoms. The molecule has 4 rings (SSSR count). The Hall–Kier alpha value is -3.53. The number of ketones is 1. The number of benzene rings is 2. The van der Waals surface area contributed by atoms with Crippen LogP contribution >= 0.6 is 0 Å². The maximum Gasteiger partial charge on any atom is 0.196 e. The van der Waals surface area contributed by atoms with Gasteiger partial charge in [0.15, 0.2) is 5.78 Å². The van der Waals surface area contributed by atoms with E-state index in [4.69, 9.17) is 0 Å². The van der Waals surface area contributed by atoms with Crippen molar-refractivity contribution in [3.63, 3.8) is 0 Å². The van der Waals surface area contributed by atoms with Crippen molar-refractivity contribution in [2.75, 3.05) is 0 Å². The maximum atomic E-state index is 13.1. The molecule has 0 saturated heterocycles. The summed E-state index contributed by atoms with van der Waals surface area (Å²) in [6.45, 7) is 0. The minimum absolute atomic E-state index is 0.0727. The first-order valence-electron chi connectivity index (χ1n) is 7.98. The second-order valence-corrected chi connectivity index (χ2v) is 5.64. The molecule has 0 fully saturated rings. The number of hydrogen-bond acceptors (Lipinski definition) is 3. The number of rotatable bonds is 4. The Morgan fingerprint density at radius 1 is 0.880 bits per heavy atom. The molecule has 2 aromatic heterocycles. The molecule has 2 aromatic carbocycles. The van der Waals surface area contributed by atoms with E-state index < -0.39 is 0 Å². The normalized spacial score (nSPS) is 11.6. The van der Waals surface area contributed by atoms with Crippen LogP contribution in [-0.4, -0.2) is 20.7 Å². The van der Waals surface area contributed by atoms with E-state index in [0.717, 1.165) is 16.6 Å². The Balaban J connectivity index is 1.86. The lowest BCUT2D eigenvalue weighted by molar-refractivity contribution is 0.105. The Labute approximate surface area is 144 Å². The quantitative estimate of drug-likeness (QED) is 0.447. The second kappa shape index (κ2) is 6.53. The summed E-state index contributed by atoms with van der Waals surface area (Å²) in [5, 5.41) is 0. The molecule has 0 aliphatic heterocycles. The average molecular weight is 325 g/mol. The van der Waals surface area contributed by atoms with Crippen molar-refractivity contribution >= 4 is 28.5 Å². The number of carbonyl (C=O) groups is 1. The molecule has 0 spiro atoms. The fraction of sp³-hybridized carbons (Fsp3) is 0. The molecule has 4 heteroatoms. The number of H-pyrrole nitrogens is 1. The predicted octanol–water partition coefficient (Wildman–Crippen LogP) is 4.38. The summed E-state index contributed by atoms with van der Waals surface area (Å²) in [5.74, 6) is 0.489. The number of Topliss-reactive ketones (excluding diaryl/α,β-unsaturated/α-hetero) is 1. The van der Waals surface area contributed by atoms with Crippen LogP contribution in [0.2, 0.25) is 0 Å². The van der Waals surface area contributed by atoms with Gasteiger partial charge in [0.05, 0.1) is 16.6 Å². The molecule has 0 bridgehead atoms. The van der Waals surface area contributed by atoms with Gasteiger partial charge in [0.2, 0.25) is 0 Å². The Morgan fingerprint density at radius 2 is 1.60 bits per heavy atom. The van der Waals surface area contributed by atoms with Gasteiger partial charge in [-0.25, -0.2) is 4.98 Å². The van der Waals surface area contributed by atoms with Crippen molar-refractivity contribution < 1.29 is 4.79 Å². The highest BCUT2D eigenvalue weighted by Crippen LogP contribution is 2.23. The molecular formula is C21H15N3O. The molecule has 1 N–H and O–H groups in total. The lowest BCUT2D eigenvalue weighted by Gasteiger charge is -2.05. The molecule has 0 aliphatic rings. The molecule has 120 valence electrons. The van der Waals surface area contributed by atoms with Gasteiger partial charge < -0.3 is 4.98 Å². The number of para-hydroxylation sites is 2. The topological polar surface area (TPSA) is 58.6 Å². The van der Waals surface area contributed by atoms with Crippen LogP contribution in [0.5, 0.6) is 0 Å². The summed E-state index contributed by atoms with van der Waals surface area (Å²) >= 11 is 0. The summed E-state index contributed by atoms with van der Waals surface area (Å²) < 4.78 is 0. The van der Waals surface area contributed by atoms with E-state index in [2.05, 4.69) is 15.0 Å². The summed E-state index contributed by atoms with van der Waals surface area (Å²) in [6.07, 6.45) is 5.25. The Bertz CT molecular complexity index is 1020. The fourth-order valence-electron chi connectivity index (χ4n) is 2.69. The third kappa shape index (κ3) is 3.10. The van der Waals surface area contributed by atoms with Crippen molar-refractivity contribution in [3.8, 4) is 0 Å². The van der Waals surface area contributed by atoms with Gasteiger partial charge in [-0.2, -0.15) is 0 Å². The largest absolute Gasteiger partial charge is 0.338 e. The number of carbonyl (C=O) groups excluding carboxylic acids is 1. The van der Waals surface area contributed by atoms with Gasteiger partial charge in [-0.05, 0) is 35.9 Å². The molecule has 0 amide bonds. The third-order valence-electron chi connectivity index (χ3n) is 3.94. The summed E-state index contributed by atoms with van der Waals surface area (Å²) in [4.78, 5) is 25.0. The van der Waals surface area contributed by atoms with Crippen molar-refractivity contribution in [2.24, 2.45) is 0 Å². The Morgan fingerprint density at radius 3 is 2.36 bits per heavy atom. The summed E-state index contributed by atoms with van der Waals surface area (Å²) in [7, 11) is 0. The first kappa shape index (κ1) is 15.0. The van der Waals surface area contributed by atoms with Crippen LogP contribution in [0.1, 0.15) is 21.7 Å². The van der Waals surface area contributed by atoms with Gasteiger partial charge in [-0.1, -0.05) is 42.5 Å². The number of imidazole rings is 1. The van der Waals surface area contributed by atoms with Crippen molar-refractivity contribution in [1.29, 1.82) is 0 Å². The van der Waals surface area contributed by atoms with Gasteiger partial charge >= 0.3 is 0 Å². The molecule has 0 atom stereocenters. The molecule has 4 nitrogen and oxygen atoms in total. The number of hydrogen-bond donors (Lipinski definition) is 1. The van der Waals surface area contributed by atoms with Gasteiger partial charge in [0, 0.05) is 18.0 Å². The zero-order valence-corrected chi connectivity index (χ0v) is 13.4. The van der Waals surface area contributed by atoms with E-state index in [-0.39, 0.29) is 5.78 Å². The van der Waals surface area contributed by atoms with Gasteiger partial charge in [-0.3, -0.25) is 9.78 Å². The SMILES string of the molecule is O=C(/C(=C/c1ccncc1)c1nc2ccccc2[nH]1)c1ccccc1. The van der Waals surface area contributed by atoms with E-state index in [1.54, 1.807) is 12.4 Å². The van der Waals surface area contributed by atoms with Crippen LogP contribution in [0.4, 0.5) is 0 Å². The molecule has 0 unspecified atom stereocenters. The predicted molar refractivity (Wildman–Crippen MR) is 99.0 cm³/mol. The fourth-order valence-corrected chi connectivity index (χ4v) is 2.69. The first-order chi connectivity index (χ1) is 12.3. The van der Waals surface area contributed by atoms with Crippen LogP contribution in [0.25, 0.3) is 22.7 Å². The third-order valence-corrected chi connectivity index (χ3v) is 3.94. The number of nitrogens with one attached hydrogen (secondary N) is 1. The van der Waals surface area contributed by atoms with E-state index in [1.165, 1.54) is 0 Å². The number of allylic oxidation sites excluding steroid dienone is 1. The minimum Gasteiger partial charge on any atom is -0.338 e. The van der Waals surface area contributed by atoms with E-state index in [9.17, 15) is 4.79 Å². The van der Waals surface area contributed by atoms with Gasteiger partial charge in [0.1, 0.15) is 5.82 Å². The van der Waals surface area contributed by atoms with Crippen molar-refractivity contribution in [3.05, 3.63) is 96.1 Å². The zero-order chi connectivity index (χ0) is 17.1. The summed E-state index contributed by atoms with van der Waals surface area (Å²) in [5.41, 5.74) is 3.78. The Kier molecular flexibility index (Phi) is 3.92. The standard InChI is InChI=1S/C21H15N3O/c25-20(16-6-2-1-3-7-16)17(14-15-10-12-22-13-11-15)21-23-18-8-4-5-9-19(18)24-21/h1-14H,(H,23,24)/b17-14-. The molecule has 0 aliphatic carbocycles. The lowest BCUT2D eigenvalue weighted by Crippen LogP contribution is -2.04. The van der Waals surface area contributed by atoms with Crippen LogP contribution in [0.3, 0.4) is 0 Å². The average Bonchev–Trinajstić information content (AvgIpc) is 3.11. The minimum atomic E-state index is -0.0727. The van der Waals surface area contributed by atoms with Crippen molar-refractivity contribution in [1.82, 2.24) is 15.0 Å². The monoisotopic (exact) mass is 325 g/mol.